The number of rotatable bonds is 6. The fraction of sp³-hybridized carbons (Fsp3) is 0.312. The van der Waals surface area contributed by atoms with Gasteiger partial charge in [-0.15, -0.1) is 6.58 Å². The first-order valence-electron chi connectivity index (χ1n) is 6.92. The van der Waals surface area contributed by atoms with Gasteiger partial charge in [0.25, 0.3) is 0 Å². The number of allylic oxidation sites excluding steroid dienone is 1. The van der Waals surface area contributed by atoms with Gasteiger partial charge in [-0.3, -0.25) is 0 Å². The van der Waals surface area contributed by atoms with Gasteiger partial charge in [0.05, 0.1) is 12.1 Å². The molecule has 1 aromatic carbocycles. The molecule has 0 aliphatic carbocycles. The maximum Gasteiger partial charge on any atom is 0.137 e. The molecule has 0 bridgehead atoms. The van der Waals surface area contributed by atoms with Crippen molar-refractivity contribution in [3.05, 3.63) is 41.7 Å². The van der Waals surface area contributed by atoms with Crippen LogP contribution in [0.4, 0.5) is 5.82 Å². The van der Waals surface area contributed by atoms with Crippen molar-refractivity contribution in [2.45, 2.75) is 26.3 Å². The zero-order chi connectivity index (χ0) is 15.4. The highest BCUT2D eigenvalue weighted by Crippen LogP contribution is 2.33. The van der Waals surface area contributed by atoms with Crippen LogP contribution in [0.1, 0.15) is 19.2 Å². The number of halogens is 1. The predicted molar refractivity (Wildman–Crippen MR) is 87.8 cm³/mol. The van der Waals surface area contributed by atoms with E-state index in [4.69, 9.17) is 22.1 Å². The molecule has 0 spiro atoms. The Bertz CT molecular complexity index is 649. The Balaban J connectivity index is 2.50. The van der Waals surface area contributed by atoms with Gasteiger partial charge >= 0.3 is 0 Å². The molecule has 2 aromatic rings. The topological polar surface area (TPSA) is 53.1 Å². The molecule has 0 amide bonds. The van der Waals surface area contributed by atoms with Gasteiger partial charge in [0.15, 0.2) is 0 Å². The summed E-state index contributed by atoms with van der Waals surface area (Å²) >= 11 is 6.18. The minimum absolute atomic E-state index is 0.546. The van der Waals surface area contributed by atoms with E-state index in [9.17, 15) is 0 Å². The summed E-state index contributed by atoms with van der Waals surface area (Å²) in [6.45, 7) is 6.54. The van der Waals surface area contributed by atoms with E-state index in [1.54, 1.807) is 7.11 Å². The molecule has 0 saturated carbocycles. The number of nitrogens with zero attached hydrogens (tertiary/aromatic N) is 2. The second-order valence-corrected chi connectivity index (χ2v) is 5.17. The molecule has 2 rings (SSSR count). The van der Waals surface area contributed by atoms with E-state index in [-0.39, 0.29) is 0 Å². The third-order valence-electron chi connectivity index (χ3n) is 3.30. The van der Waals surface area contributed by atoms with Gasteiger partial charge in [0.2, 0.25) is 0 Å². The van der Waals surface area contributed by atoms with Crippen LogP contribution in [0.15, 0.2) is 30.9 Å². The standard InChI is InChI=1S/C16H20ClN3O/c1-4-6-14-19-15(16(18)20(14)9-5-2)11-7-8-13(21-3)12(17)10-11/h5,7-8,10H,2,4,6,9,18H2,1,3H3. The number of nitrogen functional groups attached to an aromatic ring is 1. The lowest BCUT2D eigenvalue weighted by atomic mass is 10.1. The molecular formula is C16H20ClN3O. The second-order valence-electron chi connectivity index (χ2n) is 4.76. The average molecular weight is 306 g/mol. The molecule has 112 valence electrons. The summed E-state index contributed by atoms with van der Waals surface area (Å²) in [7, 11) is 1.59. The summed E-state index contributed by atoms with van der Waals surface area (Å²) in [6.07, 6.45) is 3.71. The summed E-state index contributed by atoms with van der Waals surface area (Å²) < 4.78 is 7.16. The largest absolute Gasteiger partial charge is 0.495 e. The van der Waals surface area contributed by atoms with Gasteiger partial charge in [-0.25, -0.2) is 4.98 Å². The van der Waals surface area contributed by atoms with Crippen molar-refractivity contribution in [2.75, 3.05) is 12.8 Å². The molecule has 5 heteroatoms. The minimum Gasteiger partial charge on any atom is -0.495 e. The SMILES string of the molecule is C=CCn1c(CCC)nc(-c2ccc(OC)c(Cl)c2)c1N. The molecule has 0 saturated heterocycles. The molecule has 2 N–H and O–H groups in total. The van der Waals surface area contributed by atoms with Crippen LogP contribution in [0.3, 0.4) is 0 Å². The van der Waals surface area contributed by atoms with Crippen molar-refractivity contribution in [3.63, 3.8) is 0 Å². The monoisotopic (exact) mass is 305 g/mol. The molecule has 0 fully saturated rings. The van der Waals surface area contributed by atoms with Crippen molar-refractivity contribution in [3.8, 4) is 17.0 Å². The lowest BCUT2D eigenvalue weighted by Gasteiger charge is -2.07. The third-order valence-corrected chi connectivity index (χ3v) is 3.59. The first-order chi connectivity index (χ1) is 10.1. The Morgan fingerprint density at radius 2 is 2.24 bits per heavy atom. The Kier molecular flexibility index (Phi) is 4.91. The highest BCUT2D eigenvalue weighted by Gasteiger charge is 2.16. The van der Waals surface area contributed by atoms with Gasteiger partial charge < -0.3 is 15.0 Å². The molecule has 4 nitrogen and oxygen atoms in total. The fourth-order valence-electron chi connectivity index (χ4n) is 2.29. The molecular weight excluding hydrogens is 286 g/mol. The Labute approximate surface area is 130 Å². The first-order valence-corrected chi connectivity index (χ1v) is 7.29. The quantitative estimate of drug-likeness (QED) is 0.823. The van der Waals surface area contributed by atoms with Crippen LogP contribution >= 0.6 is 11.6 Å². The molecule has 21 heavy (non-hydrogen) atoms. The maximum absolute atomic E-state index is 6.25. The first kappa shape index (κ1) is 15.4. The van der Waals surface area contributed by atoms with Crippen molar-refractivity contribution < 1.29 is 4.74 Å². The summed E-state index contributed by atoms with van der Waals surface area (Å²) in [5.41, 5.74) is 7.89. The van der Waals surface area contributed by atoms with Crippen LogP contribution in [-0.2, 0) is 13.0 Å². The molecule has 0 aliphatic rings. The zero-order valence-corrected chi connectivity index (χ0v) is 13.2. The smallest absolute Gasteiger partial charge is 0.137 e. The maximum atomic E-state index is 6.25. The predicted octanol–water partition coefficient (Wildman–Crippen LogP) is 3.93. The van der Waals surface area contributed by atoms with Crippen molar-refractivity contribution in [2.24, 2.45) is 0 Å². The van der Waals surface area contributed by atoms with E-state index in [2.05, 4.69) is 18.5 Å². The van der Waals surface area contributed by atoms with Gasteiger partial charge in [0, 0.05) is 18.5 Å². The van der Waals surface area contributed by atoms with Crippen LogP contribution < -0.4 is 10.5 Å². The van der Waals surface area contributed by atoms with Crippen LogP contribution in [0, 0.1) is 0 Å². The normalized spacial score (nSPS) is 10.6. The fourth-order valence-corrected chi connectivity index (χ4v) is 2.54. The number of imidazole rings is 1. The number of hydrogen-bond donors (Lipinski definition) is 1. The second kappa shape index (κ2) is 6.68. The van der Waals surface area contributed by atoms with Crippen LogP contribution in [0.5, 0.6) is 5.75 Å². The van der Waals surface area contributed by atoms with Gasteiger partial charge in [0.1, 0.15) is 23.1 Å². The summed E-state index contributed by atoms with van der Waals surface area (Å²) in [6, 6.07) is 5.56. The molecule has 1 heterocycles. The lowest BCUT2D eigenvalue weighted by Crippen LogP contribution is -2.05. The van der Waals surface area contributed by atoms with E-state index in [0.717, 1.165) is 29.9 Å². The van der Waals surface area contributed by atoms with Crippen LogP contribution in [-0.4, -0.2) is 16.7 Å². The van der Waals surface area contributed by atoms with Crippen molar-refractivity contribution in [1.82, 2.24) is 9.55 Å². The summed E-state index contributed by atoms with van der Waals surface area (Å²) in [5, 5.41) is 0.546. The number of methoxy groups -OCH3 is 1. The Morgan fingerprint density at radius 1 is 1.48 bits per heavy atom. The van der Waals surface area contributed by atoms with Crippen LogP contribution in [0.2, 0.25) is 5.02 Å². The van der Waals surface area contributed by atoms with Gasteiger partial charge in [-0.2, -0.15) is 0 Å². The van der Waals surface area contributed by atoms with Crippen molar-refractivity contribution in [1.29, 1.82) is 0 Å². The van der Waals surface area contributed by atoms with E-state index in [1.807, 2.05) is 28.8 Å². The molecule has 0 radical (unpaired) electrons. The summed E-state index contributed by atoms with van der Waals surface area (Å²) in [5.74, 6) is 2.25. The number of nitrogens with two attached hydrogens (primary N) is 1. The number of ether oxygens (including phenoxy) is 1. The Hall–Kier alpha value is -1.94. The molecule has 0 unspecified atom stereocenters. The van der Waals surface area contributed by atoms with E-state index in [0.29, 0.717) is 23.1 Å². The number of anilines is 1. The van der Waals surface area contributed by atoms with E-state index < -0.39 is 0 Å². The van der Waals surface area contributed by atoms with E-state index >= 15 is 0 Å². The van der Waals surface area contributed by atoms with E-state index in [1.165, 1.54) is 0 Å². The number of hydrogen-bond acceptors (Lipinski definition) is 3. The number of benzene rings is 1. The lowest BCUT2D eigenvalue weighted by molar-refractivity contribution is 0.415. The van der Waals surface area contributed by atoms with Gasteiger partial charge in [-0.05, 0) is 24.6 Å². The molecule has 0 atom stereocenters. The average Bonchev–Trinajstić information content (AvgIpc) is 2.77. The number of aryl methyl sites for hydroxylation is 1. The Morgan fingerprint density at radius 3 is 2.81 bits per heavy atom. The highest BCUT2D eigenvalue weighted by molar-refractivity contribution is 6.32. The molecule has 0 aliphatic heterocycles. The third kappa shape index (κ3) is 3.05. The highest BCUT2D eigenvalue weighted by atomic mass is 35.5. The van der Waals surface area contributed by atoms with Crippen molar-refractivity contribution >= 4 is 17.4 Å². The van der Waals surface area contributed by atoms with Crippen LogP contribution in [0.25, 0.3) is 11.3 Å². The number of aromatic nitrogens is 2. The minimum atomic E-state index is 0.546. The summed E-state index contributed by atoms with van der Waals surface area (Å²) in [4.78, 5) is 4.68. The zero-order valence-electron chi connectivity index (χ0n) is 12.4. The van der Waals surface area contributed by atoms with Gasteiger partial charge in [-0.1, -0.05) is 24.6 Å². The molecule has 1 aromatic heterocycles.